The Hall–Kier alpha value is -2.40. The number of hydrogen-bond donors (Lipinski definition) is 2. The van der Waals surface area contributed by atoms with Gasteiger partial charge in [-0.1, -0.05) is 12.1 Å². The Labute approximate surface area is 135 Å². The lowest BCUT2D eigenvalue weighted by Crippen LogP contribution is -2.30. The van der Waals surface area contributed by atoms with Gasteiger partial charge in [0.1, 0.15) is 5.82 Å². The number of ether oxygens (including phenoxy) is 1. The fourth-order valence-electron chi connectivity index (χ4n) is 3.18. The van der Waals surface area contributed by atoms with Crippen LogP contribution in [0.15, 0.2) is 35.3 Å². The molecule has 0 aliphatic carbocycles. The molecule has 0 bridgehead atoms. The van der Waals surface area contributed by atoms with Crippen LogP contribution in [-0.4, -0.2) is 37.0 Å². The van der Waals surface area contributed by atoms with E-state index < -0.39 is 0 Å². The summed E-state index contributed by atoms with van der Waals surface area (Å²) in [5.74, 6) is 0.533. The first-order chi connectivity index (χ1) is 11.3. The number of hydrogen-bond acceptors (Lipinski definition) is 5. The molecule has 2 aliphatic heterocycles. The SMILES string of the molecule is Nc1cc(N[C@H]2CCCOC2)c2ccc(C3=CC=NC3)cc2n1. The van der Waals surface area contributed by atoms with Gasteiger partial charge in [-0.2, -0.15) is 0 Å². The maximum absolute atomic E-state index is 6.01. The van der Waals surface area contributed by atoms with E-state index in [0.717, 1.165) is 54.8 Å². The maximum Gasteiger partial charge on any atom is 0.126 e. The molecule has 23 heavy (non-hydrogen) atoms. The summed E-state index contributed by atoms with van der Waals surface area (Å²) in [4.78, 5) is 8.74. The Morgan fingerprint density at radius 1 is 1.26 bits per heavy atom. The van der Waals surface area contributed by atoms with Crippen molar-refractivity contribution in [3.05, 3.63) is 35.9 Å². The molecule has 4 rings (SSSR count). The number of anilines is 2. The number of rotatable bonds is 3. The van der Waals surface area contributed by atoms with Gasteiger partial charge in [0.15, 0.2) is 0 Å². The minimum Gasteiger partial charge on any atom is -0.384 e. The van der Waals surface area contributed by atoms with E-state index in [1.165, 1.54) is 5.57 Å². The van der Waals surface area contributed by atoms with Crippen molar-refractivity contribution < 1.29 is 4.74 Å². The van der Waals surface area contributed by atoms with Gasteiger partial charge in [0.25, 0.3) is 0 Å². The highest BCUT2D eigenvalue weighted by Crippen LogP contribution is 2.29. The number of aliphatic imine (C=N–C) groups is 1. The van der Waals surface area contributed by atoms with Gasteiger partial charge < -0.3 is 15.8 Å². The molecule has 0 unspecified atom stereocenters. The second-order valence-electron chi connectivity index (χ2n) is 6.07. The van der Waals surface area contributed by atoms with E-state index in [9.17, 15) is 0 Å². The summed E-state index contributed by atoms with van der Waals surface area (Å²) in [6.07, 6.45) is 6.11. The summed E-state index contributed by atoms with van der Waals surface area (Å²) < 4.78 is 5.55. The van der Waals surface area contributed by atoms with Gasteiger partial charge in [-0.25, -0.2) is 4.98 Å². The van der Waals surface area contributed by atoms with E-state index in [1.807, 2.05) is 18.4 Å². The Morgan fingerprint density at radius 3 is 3.00 bits per heavy atom. The minimum atomic E-state index is 0.333. The van der Waals surface area contributed by atoms with Crippen molar-refractivity contribution in [3.8, 4) is 0 Å². The van der Waals surface area contributed by atoms with Gasteiger partial charge in [0.05, 0.1) is 18.7 Å². The summed E-state index contributed by atoms with van der Waals surface area (Å²) in [6, 6.07) is 8.58. The van der Waals surface area contributed by atoms with Crippen molar-refractivity contribution in [1.29, 1.82) is 0 Å². The van der Waals surface area contributed by atoms with E-state index in [2.05, 4.69) is 33.5 Å². The summed E-state index contributed by atoms with van der Waals surface area (Å²) in [6.45, 7) is 2.34. The molecule has 2 aromatic rings. The van der Waals surface area contributed by atoms with Crippen LogP contribution in [0.2, 0.25) is 0 Å². The van der Waals surface area contributed by atoms with Crippen LogP contribution in [0.4, 0.5) is 11.5 Å². The predicted molar refractivity (Wildman–Crippen MR) is 95.0 cm³/mol. The van der Waals surface area contributed by atoms with Gasteiger partial charge >= 0.3 is 0 Å². The van der Waals surface area contributed by atoms with Crippen molar-refractivity contribution in [1.82, 2.24) is 4.98 Å². The molecule has 1 fully saturated rings. The van der Waals surface area contributed by atoms with Crippen molar-refractivity contribution in [3.63, 3.8) is 0 Å². The lowest BCUT2D eigenvalue weighted by atomic mass is 10.0. The van der Waals surface area contributed by atoms with E-state index in [4.69, 9.17) is 10.5 Å². The van der Waals surface area contributed by atoms with E-state index >= 15 is 0 Å². The number of nitrogens with zero attached hydrogens (tertiary/aromatic N) is 2. The zero-order valence-electron chi connectivity index (χ0n) is 13.0. The first-order valence-electron chi connectivity index (χ1n) is 8.03. The number of allylic oxidation sites excluding steroid dienone is 1. The fourth-order valence-corrected chi connectivity index (χ4v) is 3.18. The zero-order chi connectivity index (χ0) is 15.6. The van der Waals surface area contributed by atoms with Crippen molar-refractivity contribution >= 4 is 34.2 Å². The van der Waals surface area contributed by atoms with Crippen LogP contribution >= 0.6 is 0 Å². The number of fused-ring (bicyclic) bond motifs is 1. The Morgan fingerprint density at radius 2 is 2.22 bits per heavy atom. The molecular weight excluding hydrogens is 288 g/mol. The standard InChI is InChI=1S/C18H20N4O/c19-18-9-17(21-14-2-1-7-23-11-14)15-4-3-12(8-16(15)22-18)13-5-6-20-10-13/h3-6,8-9,14H,1-2,7,10-11H2,(H3,19,21,22)/t14-/m0/s1. The molecule has 5 heteroatoms. The number of pyridine rings is 1. The maximum atomic E-state index is 6.01. The molecule has 2 aliphatic rings. The van der Waals surface area contributed by atoms with Crippen molar-refractivity contribution in [2.24, 2.45) is 4.99 Å². The molecule has 0 amide bonds. The lowest BCUT2D eigenvalue weighted by Gasteiger charge is -2.25. The number of benzene rings is 1. The largest absolute Gasteiger partial charge is 0.384 e. The van der Waals surface area contributed by atoms with Gasteiger partial charge in [-0.05, 0) is 36.1 Å². The average Bonchev–Trinajstić information content (AvgIpc) is 3.09. The molecule has 3 N–H and O–H groups in total. The lowest BCUT2D eigenvalue weighted by molar-refractivity contribution is 0.0876. The van der Waals surface area contributed by atoms with E-state index in [-0.39, 0.29) is 0 Å². The fraction of sp³-hybridized carbons (Fsp3) is 0.333. The summed E-state index contributed by atoms with van der Waals surface area (Å²) >= 11 is 0. The van der Waals surface area contributed by atoms with Crippen LogP contribution in [-0.2, 0) is 4.74 Å². The molecule has 1 aromatic heterocycles. The average molecular weight is 308 g/mol. The van der Waals surface area contributed by atoms with Crippen LogP contribution in [0.3, 0.4) is 0 Å². The highest BCUT2D eigenvalue weighted by Gasteiger charge is 2.16. The third kappa shape index (κ3) is 2.92. The van der Waals surface area contributed by atoms with Crippen LogP contribution in [0.25, 0.3) is 16.5 Å². The molecule has 0 spiro atoms. The van der Waals surface area contributed by atoms with Crippen LogP contribution in [0.1, 0.15) is 18.4 Å². The molecule has 0 radical (unpaired) electrons. The summed E-state index contributed by atoms with van der Waals surface area (Å²) in [7, 11) is 0. The molecule has 118 valence electrons. The summed E-state index contributed by atoms with van der Waals surface area (Å²) in [5.41, 5.74) is 10.3. The third-order valence-corrected chi connectivity index (χ3v) is 4.36. The molecular formula is C18H20N4O. The molecule has 5 nitrogen and oxygen atoms in total. The quantitative estimate of drug-likeness (QED) is 0.914. The van der Waals surface area contributed by atoms with Crippen molar-refractivity contribution in [2.45, 2.75) is 18.9 Å². The second kappa shape index (κ2) is 6.01. The van der Waals surface area contributed by atoms with Crippen LogP contribution < -0.4 is 11.1 Å². The molecule has 1 saturated heterocycles. The Bertz CT molecular complexity index is 791. The first-order valence-corrected chi connectivity index (χ1v) is 8.03. The number of nitrogens with one attached hydrogen (secondary N) is 1. The van der Waals surface area contributed by atoms with Gasteiger partial charge in [-0.15, -0.1) is 0 Å². The Kier molecular flexibility index (Phi) is 3.71. The van der Waals surface area contributed by atoms with Gasteiger partial charge in [0, 0.05) is 36.0 Å². The highest BCUT2D eigenvalue weighted by atomic mass is 16.5. The third-order valence-electron chi connectivity index (χ3n) is 4.36. The number of nitrogens with two attached hydrogens (primary N) is 1. The van der Waals surface area contributed by atoms with E-state index in [1.54, 1.807) is 0 Å². The van der Waals surface area contributed by atoms with Gasteiger partial charge in [-0.3, -0.25) is 4.99 Å². The molecule has 0 saturated carbocycles. The topological polar surface area (TPSA) is 72.5 Å². The van der Waals surface area contributed by atoms with Crippen LogP contribution in [0.5, 0.6) is 0 Å². The zero-order valence-corrected chi connectivity index (χ0v) is 13.0. The first kappa shape index (κ1) is 14.2. The number of aromatic nitrogens is 1. The van der Waals surface area contributed by atoms with Crippen LogP contribution in [0, 0.1) is 0 Å². The Balaban J connectivity index is 1.69. The normalized spacial score (nSPS) is 20.7. The molecule has 1 atom stereocenters. The summed E-state index contributed by atoms with van der Waals surface area (Å²) in [5, 5.41) is 4.66. The monoisotopic (exact) mass is 308 g/mol. The van der Waals surface area contributed by atoms with E-state index in [0.29, 0.717) is 11.9 Å². The van der Waals surface area contributed by atoms with Gasteiger partial charge in [0.2, 0.25) is 0 Å². The predicted octanol–water partition coefficient (Wildman–Crippen LogP) is 2.88. The molecule has 1 aromatic carbocycles. The number of nitrogen functional groups attached to an aromatic ring is 1. The highest BCUT2D eigenvalue weighted by molar-refractivity contribution is 5.97. The second-order valence-corrected chi connectivity index (χ2v) is 6.07. The smallest absolute Gasteiger partial charge is 0.126 e. The minimum absolute atomic E-state index is 0.333. The molecule has 3 heterocycles. The van der Waals surface area contributed by atoms with Crippen molar-refractivity contribution in [2.75, 3.05) is 30.8 Å².